The van der Waals surface area contributed by atoms with Crippen molar-refractivity contribution in [3.63, 3.8) is 0 Å². The molecule has 0 aromatic rings. The maximum Gasteiger partial charge on any atom is 0.0240 e. The van der Waals surface area contributed by atoms with Crippen molar-refractivity contribution in [2.24, 2.45) is 10.9 Å². The fourth-order valence-electron chi connectivity index (χ4n) is 0.560. The number of nitrogens with two attached hydrogens (primary N) is 1. The Balaban J connectivity index is 2.72. The number of hydrogen-bond acceptors (Lipinski definition) is 2. The number of nitrogens with zero attached hydrogens (tertiary/aromatic N) is 1. The SMILES string of the molecule is CCCCC/C=N\N. The van der Waals surface area contributed by atoms with Crippen LogP contribution in [0.15, 0.2) is 5.10 Å². The van der Waals surface area contributed by atoms with Gasteiger partial charge in [0.15, 0.2) is 0 Å². The van der Waals surface area contributed by atoms with Crippen molar-refractivity contribution in [2.75, 3.05) is 0 Å². The Bertz CT molecular complexity index is 59.5. The minimum atomic E-state index is 1.03. The minimum absolute atomic E-state index is 1.03. The van der Waals surface area contributed by atoms with E-state index in [9.17, 15) is 0 Å². The van der Waals surface area contributed by atoms with Crippen LogP contribution in [-0.2, 0) is 0 Å². The van der Waals surface area contributed by atoms with Gasteiger partial charge in [-0.05, 0) is 12.8 Å². The van der Waals surface area contributed by atoms with Gasteiger partial charge in [-0.2, -0.15) is 5.10 Å². The Labute approximate surface area is 50.8 Å². The van der Waals surface area contributed by atoms with E-state index in [0.29, 0.717) is 0 Å². The molecule has 0 rings (SSSR count). The van der Waals surface area contributed by atoms with Crippen molar-refractivity contribution >= 4 is 6.21 Å². The quantitative estimate of drug-likeness (QED) is 0.256. The first-order chi connectivity index (χ1) is 3.91. The van der Waals surface area contributed by atoms with Crippen LogP contribution >= 0.6 is 0 Å². The lowest BCUT2D eigenvalue weighted by molar-refractivity contribution is 0.745. The van der Waals surface area contributed by atoms with E-state index in [4.69, 9.17) is 5.84 Å². The summed E-state index contributed by atoms with van der Waals surface area (Å²) in [6, 6.07) is 0. The predicted molar refractivity (Wildman–Crippen MR) is 36.8 cm³/mol. The molecular formula is C6H14N2. The molecule has 0 fully saturated rings. The average molecular weight is 114 g/mol. The molecule has 0 unspecified atom stereocenters. The van der Waals surface area contributed by atoms with Gasteiger partial charge in [-0.1, -0.05) is 19.8 Å². The smallest absolute Gasteiger partial charge is 0.0240 e. The molecule has 0 atom stereocenters. The zero-order valence-electron chi connectivity index (χ0n) is 5.43. The van der Waals surface area contributed by atoms with Gasteiger partial charge in [0.1, 0.15) is 0 Å². The van der Waals surface area contributed by atoms with Gasteiger partial charge in [-0.25, -0.2) is 0 Å². The molecule has 0 heterocycles. The monoisotopic (exact) mass is 114 g/mol. The topological polar surface area (TPSA) is 38.4 Å². The molecular weight excluding hydrogens is 100 g/mol. The second-order valence-electron chi connectivity index (χ2n) is 1.83. The molecule has 0 amide bonds. The lowest BCUT2D eigenvalue weighted by Crippen LogP contribution is -1.82. The number of unbranched alkanes of at least 4 members (excludes halogenated alkanes) is 3. The Hall–Kier alpha value is -0.530. The van der Waals surface area contributed by atoms with E-state index >= 15 is 0 Å². The van der Waals surface area contributed by atoms with Crippen LogP contribution in [-0.4, -0.2) is 6.21 Å². The first-order valence-electron chi connectivity index (χ1n) is 3.13. The summed E-state index contributed by atoms with van der Waals surface area (Å²) < 4.78 is 0. The molecule has 48 valence electrons. The Morgan fingerprint density at radius 1 is 1.50 bits per heavy atom. The minimum Gasteiger partial charge on any atom is -0.324 e. The molecule has 2 N–H and O–H groups in total. The molecule has 0 bridgehead atoms. The molecule has 2 heteroatoms. The summed E-state index contributed by atoms with van der Waals surface area (Å²) in [7, 11) is 0. The van der Waals surface area contributed by atoms with E-state index in [-0.39, 0.29) is 0 Å². The Morgan fingerprint density at radius 2 is 2.25 bits per heavy atom. The molecule has 2 nitrogen and oxygen atoms in total. The summed E-state index contributed by atoms with van der Waals surface area (Å²) in [5.41, 5.74) is 0. The van der Waals surface area contributed by atoms with Crippen molar-refractivity contribution in [1.29, 1.82) is 0 Å². The van der Waals surface area contributed by atoms with Crippen molar-refractivity contribution in [3.8, 4) is 0 Å². The van der Waals surface area contributed by atoms with E-state index in [2.05, 4.69) is 12.0 Å². The maximum absolute atomic E-state index is 4.88. The lowest BCUT2D eigenvalue weighted by atomic mass is 10.2. The highest BCUT2D eigenvalue weighted by molar-refractivity contribution is 5.56. The van der Waals surface area contributed by atoms with Gasteiger partial charge in [-0.15, -0.1) is 0 Å². The molecule has 0 aliphatic heterocycles. The maximum atomic E-state index is 4.88. The van der Waals surface area contributed by atoms with Crippen LogP contribution in [0.2, 0.25) is 0 Å². The molecule has 0 radical (unpaired) electrons. The van der Waals surface area contributed by atoms with E-state index < -0.39 is 0 Å². The van der Waals surface area contributed by atoms with E-state index in [1.807, 2.05) is 0 Å². The van der Waals surface area contributed by atoms with Crippen molar-refractivity contribution in [3.05, 3.63) is 0 Å². The molecule has 0 spiro atoms. The third-order valence-electron chi connectivity index (χ3n) is 1.04. The van der Waals surface area contributed by atoms with Crippen molar-refractivity contribution in [2.45, 2.75) is 32.6 Å². The largest absolute Gasteiger partial charge is 0.324 e. The zero-order valence-corrected chi connectivity index (χ0v) is 5.43. The van der Waals surface area contributed by atoms with Gasteiger partial charge in [0, 0.05) is 6.21 Å². The fraction of sp³-hybridized carbons (Fsp3) is 0.833. The zero-order chi connectivity index (χ0) is 6.24. The highest BCUT2D eigenvalue weighted by Gasteiger charge is 1.79. The number of rotatable bonds is 4. The molecule has 0 aliphatic carbocycles. The number of hydrogen-bond donors (Lipinski definition) is 1. The molecule has 8 heavy (non-hydrogen) atoms. The molecule has 0 aromatic carbocycles. The second-order valence-corrected chi connectivity index (χ2v) is 1.83. The van der Waals surface area contributed by atoms with Crippen LogP contribution in [0.4, 0.5) is 0 Å². The molecule has 0 aromatic heterocycles. The third-order valence-corrected chi connectivity index (χ3v) is 1.04. The van der Waals surface area contributed by atoms with Gasteiger partial charge in [0.25, 0.3) is 0 Å². The van der Waals surface area contributed by atoms with Gasteiger partial charge >= 0.3 is 0 Å². The van der Waals surface area contributed by atoms with E-state index in [1.165, 1.54) is 19.3 Å². The summed E-state index contributed by atoms with van der Waals surface area (Å²) in [6.45, 7) is 2.18. The average Bonchev–Trinajstić information content (AvgIpc) is 1.81. The van der Waals surface area contributed by atoms with Crippen LogP contribution in [0.25, 0.3) is 0 Å². The summed E-state index contributed by atoms with van der Waals surface area (Å²) >= 11 is 0. The summed E-state index contributed by atoms with van der Waals surface area (Å²) in [6.07, 6.45) is 6.56. The molecule has 0 saturated heterocycles. The van der Waals surface area contributed by atoms with Crippen LogP contribution < -0.4 is 5.84 Å². The standard InChI is InChI=1S/C6H14N2/c1-2-3-4-5-6-8-7/h6H,2-5,7H2,1H3/b8-6-. The van der Waals surface area contributed by atoms with Crippen molar-refractivity contribution in [1.82, 2.24) is 0 Å². The van der Waals surface area contributed by atoms with Gasteiger partial charge in [0.05, 0.1) is 0 Å². The summed E-state index contributed by atoms with van der Waals surface area (Å²) in [5.74, 6) is 4.88. The Morgan fingerprint density at radius 3 is 2.75 bits per heavy atom. The highest BCUT2D eigenvalue weighted by Crippen LogP contribution is 1.95. The molecule has 0 aliphatic rings. The van der Waals surface area contributed by atoms with E-state index in [0.717, 1.165) is 6.42 Å². The van der Waals surface area contributed by atoms with Gasteiger partial charge in [0.2, 0.25) is 0 Å². The van der Waals surface area contributed by atoms with Crippen LogP contribution in [0.5, 0.6) is 0 Å². The highest BCUT2D eigenvalue weighted by atomic mass is 15.1. The lowest BCUT2D eigenvalue weighted by Gasteiger charge is -1.88. The summed E-state index contributed by atoms with van der Waals surface area (Å²) in [5, 5.41) is 3.38. The van der Waals surface area contributed by atoms with Crippen LogP contribution in [0.1, 0.15) is 32.6 Å². The first-order valence-corrected chi connectivity index (χ1v) is 3.13. The summed E-state index contributed by atoms with van der Waals surface area (Å²) in [4.78, 5) is 0. The first kappa shape index (κ1) is 7.47. The normalized spacial score (nSPS) is 10.6. The van der Waals surface area contributed by atoms with E-state index in [1.54, 1.807) is 6.21 Å². The molecule has 0 saturated carbocycles. The predicted octanol–water partition coefficient (Wildman–Crippen LogP) is 1.51. The van der Waals surface area contributed by atoms with Crippen LogP contribution in [0.3, 0.4) is 0 Å². The van der Waals surface area contributed by atoms with Crippen molar-refractivity contribution < 1.29 is 0 Å². The van der Waals surface area contributed by atoms with Crippen LogP contribution in [0, 0.1) is 0 Å². The fourth-order valence-corrected chi connectivity index (χ4v) is 0.560. The van der Waals surface area contributed by atoms with Gasteiger partial charge < -0.3 is 5.84 Å². The number of hydrazone groups is 1. The second kappa shape index (κ2) is 6.47. The Kier molecular flexibility index (Phi) is 6.04. The van der Waals surface area contributed by atoms with Gasteiger partial charge in [-0.3, -0.25) is 0 Å². The third kappa shape index (κ3) is 5.47.